The molecule has 0 saturated carbocycles. The molecule has 37 heavy (non-hydrogen) atoms. The molecule has 3 heterocycles. The van der Waals surface area contributed by atoms with E-state index in [0.717, 1.165) is 49.5 Å². The SMILES string of the molecule is COc1ccc(-c2nc(N=c3cc(-c4ccc5c(c4)OCCO5)oc4ccccc34)sc2C)c(OC)c1. The van der Waals surface area contributed by atoms with E-state index < -0.39 is 0 Å². The highest BCUT2D eigenvalue weighted by Gasteiger charge is 2.17. The number of para-hydroxylation sites is 1. The Balaban J connectivity index is 1.47. The standard InChI is InChI=1S/C29H24N2O5S/c1-17-28(21-10-9-19(32-2)15-26(21)33-3)31-29(37-17)30-22-16-25(36-23-7-5-4-6-20(22)23)18-8-11-24-27(14-18)35-13-12-34-24/h4-11,14-16H,12-13H2,1-3H3. The molecule has 7 nitrogen and oxygen atoms in total. The van der Waals surface area contributed by atoms with E-state index in [0.29, 0.717) is 35.6 Å². The van der Waals surface area contributed by atoms with E-state index >= 15 is 0 Å². The molecule has 0 fully saturated rings. The minimum absolute atomic E-state index is 0.524. The lowest BCUT2D eigenvalue weighted by Gasteiger charge is -2.18. The maximum atomic E-state index is 6.27. The third kappa shape index (κ3) is 4.40. The first-order valence-corrected chi connectivity index (χ1v) is 12.6. The number of thiazole rings is 1. The van der Waals surface area contributed by atoms with Gasteiger partial charge in [-0.2, -0.15) is 0 Å². The molecule has 186 valence electrons. The maximum Gasteiger partial charge on any atom is 0.210 e. The van der Waals surface area contributed by atoms with Crippen molar-refractivity contribution in [3.8, 4) is 45.6 Å². The molecule has 3 aromatic carbocycles. The van der Waals surface area contributed by atoms with Gasteiger partial charge in [0.15, 0.2) is 11.5 Å². The summed E-state index contributed by atoms with van der Waals surface area (Å²) >= 11 is 1.53. The Hall–Kier alpha value is -4.30. The predicted octanol–water partition coefficient (Wildman–Crippen LogP) is 6.55. The van der Waals surface area contributed by atoms with Crippen LogP contribution in [0.25, 0.3) is 33.6 Å². The van der Waals surface area contributed by atoms with Crippen molar-refractivity contribution >= 4 is 27.4 Å². The fourth-order valence-corrected chi connectivity index (χ4v) is 5.13. The Kier molecular flexibility index (Phi) is 6.02. The molecule has 0 amide bonds. The normalized spacial score (nSPS) is 13.1. The number of aryl methyl sites for hydroxylation is 1. The average molecular weight is 513 g/mol. The lowest BCUT2D eigenvalue weighted by molar-refractivity contribution is 0.171. The first kappa shape index (κ1) is 23.1. The van der Waals surface area contributed by atoms with Gasteiger partial charge in [0.2, 0.25) is 5.13 Å². The lowest BCUT2D eigenvalue weighted by Crippen LogP contribution is -2.15. The Labute approximate surface area is 217 Å². The Morgan fingerprint density at radius 3 is 2.57 bits per heavy atom. The monoisotopic (exact) mass is 512 g/mol. The van der Waals surface area contributed by atoms with E-state index in [-0.39, 0.29) is 0 Å². The van der Waals surface area contributed by atoms with E-state index in [1.165, 1.54) is 11.3 Å². The zero-order valence-corrected chi connectivity index (χ0v) is 21.4. The summed E-state index contributed by atoms with van der Waals surface area (Å²) in [6.45, 7) is 3.11. The Bertz CT molecular complexity index is 1690. The van der Waals surface area contributed by atoms with E-state index in [9.17, 15) is 0 Å². The zero-order chi connectivity index (χ0) is 25.4. The highest BCUT2D eigenvalue weighted by molar-refractivity contribution is 7.15. The van der Waals surface area contributed by atoms with E-state index in [1.54, 1.807) is 14.2 Å². The first-order valence-electron chi connectivity index (χ1n) is 11.8. The molecule has 8 heteroatoms. The molecule has 0 spiro atoms. The fraction of sp³-hybridized carbons (Fsp3) is 0.172. The van der Waals surface area contributed by atoms with Crippen molar-refractivity contribution in [1.82, 2.24) is 4.98 Å². The lowest BCUT2D eigenvalue weighted by atomic mass is 10.1. The van der Waals surface area contributed by atoms with Crippen molar-refractivity contribution in [1.29, 1.82) is 0 Å². The van der Waals surface area contributed by atoms with Crippen LogP contribution in [0.4, 0.5) is 5.13 Å². The van der Waals surface area contributed by atoms with Crippen LogP contribution >= 0.6 is 11.3 Å². The van der Waals surface area contributed by atoms with Crippen LogP contribution in [0.5, 0.6) is 23.0 Å². The van der Waals surface area contributed by atoms with Gasteiger partial charge in [0.1, 0.15) is 36.1 Å². The van der Waals surface area contributed by atoms with Crippen LogP contribution in [-0.2, 0) is 0 Å². The van der Waals surface area contributed by atoms with Gasteiger partial charge in [0.25, 0.3) is 0 Å². The minimum Gasteiger partial charge on any atom is -0.497 e. The predicted molar refractivity (Wildman–Crippen MR) is 143 cm³/mol. The molecule has 6 rings (SSSR count). The number of hydrogen-bond acceptors (Lipinski definition) is 8. The molecule has 1 aliphatic heterocycles. The van der Waals surface area contributed by atoms with Crippen molar-refractivity contribution in [3.05, 3.63) is 77.0 Å². The second-order valence-corrected chi connectivity index (χ2v) is 9.61. The summed E-state index contributed by atoms with van der Waals surface area (Å²) in [6, 6.07) is 21.3. The van der Waals surface area contributed by atoms with E-state index in [4.69, 9.17) is 33.3 Å². The summed E-state index contributed by atoms with van der Waals surface area (Å²) in [4.78, 5) is 10.9. The minimum atomic E-state index is 0.524. The third-order valence-corrected chi connectivity index (χ3v) is 7.01. The van der Waals surface area contributed by atoms with Gasteiger partial charge in [-0.1, -0.05) is 23.5 Å². The first-order chi connectivity index (χ1) is 18.1. The van der Waals surface area contributed by atoms with Crippen LogP contribution in [-0.4, -0.2) is 32.4 Å². The van der Waals surface area contributed by atoms with Crippen molar-refractivity contribution in [2.45, 2.75) is 6.92 Å². The van der Waals surface area contributed by atoms with Crippen LogP contribution in [0.3, 0.4) is 0 Å². The van der Waals surface area contributed by atoms with Crippen molar-refractivity contribution < 1.29 is 23.4 Å². The van der Waals surface area contributed by atoms with Crippen LogP contribution in [0.2, 0.25) is 0 Å². The van der Waals surface area contributed by atoms with Gasteiger partial charge in [-0.15, -0.1) is 0 Å². The van der Waals surface area contributed by atoms with Gasteiger partial charge in [0.05, 0.1) is 25.3 Å². The summed E-state index contributed by atoms with van der Waals surface area (Å²) < 4.78 is 28.7. The summed E-state index contributed by atoms with van der Waals surface area (Å²) in [5.41, 5.74) is 3.34. The smallest absolute Gasteiger partial charge is 0.210 e. The zero-order valence-electron chi connectivity index (χ0n) is 20.6. The third-order valence-electron chi connectivity index (χ3n) is 6.14. The molecule has 2 aromatic heterocycles. The van der Waals surface area contributed by atoms with E-state index in [1.807, 2.05) is 73.7 Å². The summed E-state index contributed by atoms with van der Waals surface area (Å²) in [5, 5.41) is 2.32. The molecule has 0 radical (unpaired) electrons. The summed E-state index contributed by atoms with van der Waals surface area (Å²) in [7, 11) is 3.28. The van der Waals surface area contributed by atoms with Crippen LogP contribution in [0.15, 0.2) is 76.1 Å². The van der Waals surface area contributed by atoms with Gasteiger partial charge in [0, 0.05) is 33.5 Å². The van der Waals surface area contributed by atoms with Crippen molar-refractivity contribution in [3.63, 3.8) is 0 Å². The molecule has 0 bridgehead atoms. The molecule has 0 N–H and O–H groups in total. The fourth-order valence-electron chi connectivity index (χ4n) is 4.33. The molecule has 0 saturated heterocycles. The van der Waals surface area contributed by atoms with Crippen molar-refractivity contribution in [2.75, 3.05) is 27.4 Å². The molecule has 5 aromatic rings. The maximum absolute atomic E-state index is 6.27. The number of rotatable bonds is 5. The number of fused-ring (bicyclic) bond motifs is 2. The van der Waals surface area contributed by atoms with Crippen LogP contribution < -0.4 is 24.3 Å². The van der Waals surface area contributed by atoms with E-state index in [2.05, 4.69) is 0 Å². The molecule has 1 aliphatic rings. The highest BCUT2D eigenvalue weighted by Crippen LogP contribution is 2.39. The number of hydrogen-bond donors (Lipinski definition) is 0. The molecular formula is C29H24N2O5S. The molecular weight excluding hydrogens is 488 g/mol. The summed E-state index contributed by atoms with van der Waals surface area (Å²) in [6.07, 6.45) is 0. The van der Waals surface area contributed by atoms with Gasteiger partial charge < -0.3 is 23.4 Å². The van der Waals surface area contributed by atoms with Crippen molar-refractivity contribution in [2.24, 2.45) is 4.99 Å². The summed E-state index contributed by atoms with van der Waals surface area (Å²) in [5.74, 6) is 3.55. The molecule has 0 unspecified atom stereocenters. The second kappa shape index (κ2) is 9.63. The number of nitrogens with zero attached hydrogens (tertiary/aromatic N) is 2. The quantitative estimate of drug-likeness (QED) is 0.266. The molecule has 0 aliphatic carbocycles. The van der Waals surface area contributed by atoms with Gasteiger partial charge in [-0.3, -0.25) is 0 Å². The van der Waals surface area contributed by atoms with Gasteiger partial charge in [-0.05, 0) is 49.4 Å². The van der Waals surface area contributed by atoms with Crippen LogP contribution in [0, 0.1) is 6.92 Å². The number of aromatic nitrogens is 1. The van der Waals surface area contributed by atoms with Gasteiger partial charge >= 0.3 is 0 Å². The van der Waals surface area contributed by atoms with Crippen LogP contribution in [0.1, 0.15) is 4.88 Å². The second-order valence-electron chi connectivity index (χ2n) is 8.43. The Morgan fingerprint density at radius 1 is 0.892 bits per heavy atom. The number of ether oxygens (including phenoxy) is 4. The van der Waals surface area contributed by atoms with Gasteiger partial charge in [-0.25, -0.2) is 9.98 Å². The topological polar surface area (TPSA) is 75.3 Å². The largest absolute Gasteiger partial charge is 0.497 e. The molecule has 0 atom stereocenters. The Morgan fingerprint density at radius 2 is 1.73 bits per heavy atom. The number of benzene rings is 3. The highest BCUT2D eigenvalue weighted by atomic mass is 32.1. The average Bonchev–Trinajstić information content (AvgIpc) is 3.31. The number of methoxy groups -OCH3 is 2.